The van der Waals surface area contributed by atoms with Gasteiger partial charge in [-0.3, -0.25) is 0 Å². The maximum Gasteiger partial charge on any atom is 0.410 e. The molecule has 30 heavy (non-hydrogen) atoms. The summed E-state index contributed by atoms with van der Waals surface area (Å²) in [5, 5.41) is 0. The molecule has 0 aliphatic carbocycles. The Balaban J connectivity index is 1.63. The summed E-state index contributed by atoms with van der Waals surface area (Å²) in [6, 6.07) is 14.1. The molecule has 6 nitrogen and oxygen atoms in total. The van der Waals surface area contributed by atoms with Crippen molar-refractivity contribution in [2.24, 2.45) is 0 Å². The highest BCUT2D eigenvalue weighted by atomic mass is 16.6. The summed E-state index contributed by atoms with van der Waals surface area (Å²) >= 11 is 0. The number of amides is 1. The van der Waals surface area contributed by atoms with Crippen LogP contribution in [-0.2, 0) is 24.3 Å². The van der Waals surface area contributed by atoms with Crippen LogP contribution in [0.2, 0.25) is 0 Å². The van der Waals surface area contributed by atoms with Crippen molar-refractivity contribution in [2.45, 2.75) is 45.9 Å². The Hall–Kier alpha value is -3.28. The van der Waals surface area contributed by atoms with E-state index in [9.17, 15) is 4.79 Å². The third-order valence-corrected chi connectivity index (χ3v) is 4.91. The molecule has 1 amide bonds. The monoisotopic (exact) mass is 406 g/mol. The molecule has 0 unspecified atom stereocenters. The van der Waals surface area contributed by atoms with E-state index in [-0.39, 0.29) is 6.09 Å². The molecule has 1 aromatic heterocycles. The van der Waals surface area contributed by atoms with E-state index >= 15 is 0 Å². The van der Waals surface area contributed by atoms with E-state index < -0.39 is 5.60 Å². The molecule has 1 aliphatic rings. The molecule has 0 spiro atoms. The summed E-state index contributed by atoms with van der Waals surface area (Å²) in [6.45, 7) is 7.12. The smallest absolute Gasteiger partial charge is 0.410 e. The second kappa shape index (κ2) is 8.22. The first-order valence-corrected chi connectivity index (χ1v) is 10.1. The van der Waals surface area contributed by atoms with Crippen molar-refractivity contribution >= 4 is 6.09 Å². The molecule has 0 saturated carbocycles. The molecular weight excluding hydrogens is 380 g/mol. The Labute approximate surface area is 176 Å². The van der Waals surface area contributed by atoms with E-state index in [1.807, 2.05) is 57.2 Å². The zero-order valence-corrected chi connectivity index (χ0v) is 17.6. The second-order valence-electron chi connectivity index (χ2n) is 8.40. The van der Waals surface area contributed by atoms with Gasteiger partial charge in [-0.15, -0.1) is 0 Å². The van der Waals surface area contributed by atoms with Gasteiger partial charge in [-0.1, -0.05) is 30.3 Å². The van der Waals surface area contributed by atoms with Crippen LogP contribution < -0.4 is 4.74 Å². The molecule has 0 bridgehead atoms. The predicted octanol–water partition coefficient (Wildman–Crippen LogP) is 5.21. The first-order valence-electron chi connectivity index (χ1n) is 10.1. The van der Waals surface area contributed by atoms with E-state index in [2.05, 4.69) is 11.1 Å². The van der Waals surface area contributed by atoms with Gasteiger partial charge < -0.3 is 18.8 Å². The Kier molecular flexibility index (Phi) is 5.48. The van der Waals surface area contributed by atoms with Crippen LogP contribution in [0.3, 0.4) is 0 Å². The van der Waals surface area contributed by atoms with Gasteiger partial charge in [0.15, 0.2) is 12.2 Å². The summed E-state index contributed by atoms with van der Waals surface area (Å²) in [7, 11) is 0. The van der Waals surface area contributed by atoms with Crippen molar-refractivity contribution < 1.29 is 18.7 Å². The number of oxazole rings is 1. The first kappa shape index (κ1) is 20.0. The van der Waals surface area contributed by atoms with Gasteiger partial charge in [0.2, 0.25) is 0 Å². The minimum Gasteiger partial charge on any atom is -0.489 e. The maximum atomic E-state index is 12.6. The van der Waals surface area contributed by atoms with Gasteiger partial charge in [0.25, 0.3) is 0 Å². The standard InChI is InChI=1S/C24H26N2O4/c1-24(2,3)30-23(27)26-10-9-18-11-19(22-13-25-16-29-22)12-21(20(18)14-26)28-15-17-7-5-4-6-8-17/h4-8,11-13,16H,9-10,14-15H2,1-3H3. The van der Waals surface area contributed by atoms with E-state index in [1.54, 1.807) is 11.1 Å². The van der Waals surface area contributed by atoms with Gasteiger partial charge >= 0.3 is 6.09 Å². The lowest BCUT2D eigenvalue weighted by Crippen LogP contribution is -2.40. The highest BCUT2D eigenvalue weighted by Gasteiger charge is 2.28. The van der Waals surface area contributed by atoms with E-state index in [0.29, 0.717) is 25.5 Å². The number of carbonyl (C=O) groups is 1. The third-order valence-electron chi connectivity index (χ3n) is 4.91. The Morgan fingerprint density at radius 1 is 1.20 bits per heavy atom. The number of aromatic nitrogens is 1. The summed E-state index contributed by atoms with van der Waals surface area (Å²) < 4.78 is 17.3. The van der Waals surface area contributed by atoms with E-state index in [1.165, 1.54) is 6.39 Å². The first-order chi connectivity index (χ1) is 14.4. The number of fused-ring (bicyclic) bond motifs is 1. The van der Waals surface area contributed by atoms with Crippen molar-refractivity contribution in [3.63, 3.8) is 0 Å². The van der Waals surface area contributed by atoms with Gasteiger partial charge in [0, 0.05) is 17.7 Å². The average molecular weight is 406 g/mol. The fourth-order valence-corrected chi connectivity index (χ4v) is 3.48. The Morgan fingerprint density at radius 2 is 2.00 bits per heavy atom. The topological polar surface area (TPSA) is 64.8 Å². The summed E-state index contributed by atoms with van der Waals surface area (Å²) in [5.74, 6) is 1.44. The van der Waals surface area contributed by atoms with Crippen molar-refractivity contribution in [1.82, 2.24) is 9.88 Å². The molecular formula is C24H26N2O4. The van der Waals surface area contributed by atoms with Crippen LogP contribution in [0.25, 0.3) is 11.3 Å². The van der Waals surface area contributed by atoms with Crippen LogP contribution in [0.15, 0.2) is 59.5 Å². The number of carbonyl (C=O) groups excluding carboxylic acids is 1. The molecule has 4 rings (SSSR count). The minimum absolute atomic E-state index is 0.304. The van der Waals surface area contributed by atoms with Crippen molar-refractivity contribution in [3.05, 3.63) is 71.7 Å². The molecule has 3 aromatic rings. The lowest BCUT2D eigenvalue weighted by atomic mass is 9.95. The summed E-state index contributed by atoms with van der Waals surface area (Å²) in [6.07, 6.45) is 3.53. The van der Waals surface area contributed by atoms with Crippen molar-refractivity contribution in [2.75, 3.05) is 6.54 Å². The Morgan fingerprint density at radius 3 is 2.70 bits per heavy atom. The van der Waals surface area contributed by atoms with Crippen LogP contribution in [0, 0.1) is 0 Å². The summed E-state index contributed by atoms with van der Waals surface area (Å²) in [4.78, 5) is 18.4. The average Bonchev–Trinajstić information content (AvgIpc) is 3.26. The van der Waals surface area contributed by atoms with Gasteiger partial charge in [-0.2, -0.15) is 0 Å². The van der Waals surface area contributed by atoms with Crippen LogP contribution in [0.5, 0.6) is 5.75 Å². The highest BCUT2D eigenvalue weighted by molar-refractivity contribution is 5.70. The molecule has 0 atom stereocenters. The van der Waals surface area contributed by atoms with Crippen molar-refractivity contribution in [3.8, 4) is 17.1 Å². The SMILES string of the molecule is CC(C)(C)OC(=O)N1CCc2cc(-c3cnco3)cc(OCc3ccccc3)c2C1. The van der Waals surface area contributed by atoms with Gasteiger partial charge in [-0.05, 0) is 50.5 Å². The van der Waals surface area contributed by atoms with Crippen LogP contribution in [-0.4, -0.2) is 28.1 Å². The normalized spacial score (nSPS) is 13.6. The molecule has 0 saturated heterocycles. The predicted molar refractivity (Wildman–Crippen MR) is 113 cm³/mol. The highest BCUT2D eigenvalue weighted by Crippen LogP contribution is 2.35. The lowest BCUT2D eigenvalue weighted by molar-refractivity contribution is 0.0222. The second-order valence-corrected chi connectivity index (χ2v) is 8.40. The lowest BCUT2D eigenvalue weighted by Gasteiger charge is -2.32. The molecule has 6 heteroatoms. The molecule has 2 aromatic carbocycles. The fraction of sp³-hybridized carbons (Fsp3) is 0.333. The quantitative estimate of drug-likeness (QED) is 0.595. The largest absolute Gasteiger partial charge is 0.489 e. The van der Waals surface area contributed by atoms with Gasteiger partial charge in [-0.25, -0.2) is 9.78 Å². The number of hydrogen-bond acceptors (Lipinski definition) is 5. The fourth-order valence-electron chi connectivity index (χ4n) is 3.48. The molecule has 0 N–H and O–H groups in total. The number of nitrogens with zero attached hydrogens (tertiary/aromatic N) is 2. The number of benzene rings is 2. The van der Waals surface area contributed by atoms with Gasteiger partial charge in [0.1, 0.15) is 18.0 Å². The third kappa shape index (κ3) is 4.64. The van der Waals surface area contributed by atoms with Crippen molar-refractivity contribution in [1.29, 1.82) is 0 Å². The molecule has 2 heterocycles. The molecule has 0 fully saturated rings. The summed E-state index contributed by atoms with van der Waals surface area (Å²) in [5.41, 5.74) is 3.62. The number of hydrogen-bond donors (Lipinski definition) is 0. The number of rotatable bonds is 4. The maximum absolute atomic E-state index is 12.6. The zero-order chi connectivity index (χ0) is 21.1. The molecule has 1 aliphatic heterocycles. The molecule has 156 valence electrons. The Bertz CT molecular complexity index is 1010. The van der Waals surface area contributed by atoms with Gasteiger partial charge in [0.05, 0.1) is 12.7 Å². The number of ether oxygens (including phenoxy) is 2. The minimum atomic E-state index is -0.528. The zero-order valence-electron chi connectivity index (χ0n) is 17.6. The van der Waals surface area contributed by atoms with E-state index in [0.717, 1.165) is 34.4 Å². The molecule has 0 radical (unpaired) electrons. The van der Waals surface area contributed by atoms with E-state index in [4.69, 9.17) is 13.9 Å². The van der Waals surface area contributed by atoms with Crippen LogP contribution in [0.1, 0.15) is 37.5 Å². The van der Waals surface area contributed by atoms with Crippen LogP contribution >= 0.6 is 0 Å². The van der Waals surface area contributed by atoms with Crippen LogP contribution in [0.4, 0.5) is 4.79 Å².